The molecule has 1 aliphatic rings. The maximum Gasteiger partial charge on any atom is 0.328 e. The molecule has 3 atom stereocenters. The lowest BCUT2D eigenvalue weighted by atomic mass is 10.1. The molecular formula is C12H22N2O5. The highest BCUT2D eigenvalue weighted by molar-refractivity contribution is 5.83. The van der Waals surface area contributed by atoms with Crippen LogP contribution in [0.2, 0.25) is 0 Å². The summed E-state index contributed by atoms with van der Waals surface area (Å²) in [4.78, 5) is 24.4. The number of amides is 2. The average molecular weight is 274 g/mol. The van der Waals surface area contributed by atoms with E-state index >= 15 is 0 Å². The summed E-state index contributed by atoms with van der Waals surface area (Å²) in [6.45, 7) is 4.84. The normalized spacial score (nSPS) is 22.7. The number of aliphatic carboxylic acids is 1. The molecule has 0 radical (unpaired) electrons. The lowest BCUT2D eigenvalue weighted by Crippen LogP contribution is -2.55. The van der Waals surface area contributed by atoms with Gasteiger partial charge in [-0.2, -0.15) is 0 Å². The second kappa shape index (κ2) is 7.30. The summed E-state index contributed by atoms with van der Waals surface area (Å²) in [6, 6.07) is -1.77. The first-order valence-electron chi connectivity index (χ1n) is 6.53. The number of rotatable bonds is 5. The monoisotopic (exact) mass is 274 g/mol. The number of carbonyl (C=O) groups is 2. The van der Waals surface area contributed by atoms with E-state index < -0.39 is 24.1 Å². The van der Waals surface area contributed by atoms with Crippen LogP contribution in [-0.4, -0.2) is 65.1 Å². The minimum absolute atomic E-state index is 0.000622. The molecule has 0 aromatic carbocycles. The van der Waals surface area contributed by atoms with Gasteiger partial charge in [0.1, 0.15) is 0 Å². The summed E-state index contributed by atoms with van der Waals surface area (Å²) in [5, 5.41) is 20.6. The van der Waals surface area contributed by atoms with Crippen molar-refractivity contribution in [3.63, 3.8) is 0 Å². The number of aliphatic hydroxyl groups is 1. The third-order valence-corrected chi connectivity index (χ3v) is 3.10. The Morgan fingerprint density at radius 3 is 2.74 bits per heavy atom. The molecule has 0 bridgehead atoms. The van der Waals surface area contributed by atoms with Crippen LogP contribution in [0.15, 0.2) is 0 Å². The standard InChI is InChI=1S/C12H22N2O5/c1-3-19-9-5-4-6-14(7-9)12(18)13-10(8(2)15)11(16)17/h8-10,15H,3-7H2,1-2H3,(H,13,18)(H,16,17)/t8-,9?,10+/m1/s1. The van der Waals surface area contributed by atoms with E-state index in [0.29, 0.717) is 19.7 Å². The zero-order chi connectivity index (χ0) is 14.4. The summed E-state index contributed by atoms with van der Waals surface area (Å²) in [5.41, 5.74) is 0. The van der Waals surface area contributed by atoms with Crippen molar-refractivity contribution in [1.29, 1.82) is 0 Å². The highest BCUT2D eigenvalue weighted by Crippen LogP contribution is 2.13. The molecule has 19 heavy (non-hydrogen) atoms. The number of aliphatic hydroxyl groups excluding tert-OH is 1. The highest BCUT2D eigenvalue weighted by Gasteiger charge is 2.29. The molecule has 0 spiro atoms. The first-order chi connectivity index (χ1) is 8.95. The predicted octanol–water partition coefficient (Wildman–Crippen LogP) is 0.0309. The molecule has 1 unspecified atom stereocenters. The van der Waals surface area contributed by atoms with Crippen LogP contribution in [0.1, 0.15) is 26.7 Å². The molecule has 1 heterocycles. The number of urea groups is 1. The maximum absolute atomic E-state index is 12.0. The van der Waals surface area contributed by atoms with Crippen LogP contribution in [0.4, 0.5) is 4.79 Å². The lowest BCUT2D eigenvalue weighted by molar-refractivity contribution is -0.141. The fraction of sp³-hybridized carbons (Fsp3) is 0.833. The van der Waals surface area contributed by atoms with Gasteiger partial charge in [0.15, 0.2) is 6.04 Å². The zero-order valence-corrected chi connectivity index (χ0v) is 11.3. The molecule has 1 saturated heterocycles. The van der Waals surface area contributed by atoms with E-state index in [0.717, 1.165) is 12.8 Å². The number of nitrogens with one attached hydrogen (secondary N) is 1. The molecule has 1 fully saturated rings. The van der Waals surface area contributed by atoms with Crippen LogP contribution in [0, 0.1) is 0 Å². The number of hydrogen-bond donors (Lipinski definition) is 3. The Labute approximate surface area is 112 Å². The molecule has 7 heteroatoms. The maximum atomic E-state index is 12.0. The Balaban J connectivity index is 2.54. The van der Waals surface area contributed by atoms with Gasteiger partial charge in [-0.25, -0.2) is 9.59 Å². The molecule has 3 N–H and O–H groups in total. The third kappa shape index (κ3) is 4.68. The summed E-state index contributed by atoms with van der Waals surface area (Å²) in [5.74, 6) is -1.25. The second-order valence-electron chi connectivity index (χ2n) is 4.67. The Kier molecular flexibility index (Phi) is 6.04. The summed E-state index contributed by atoms with van der Waals surface area (Å²) in [7, 11) is 0. The van der Waals surface area contributed by atoms with E-state index in [1.165, 1.54) is 11.8 Å². The number of ether oxygens (including phenoxy) is 1. The van der Waals surface area contributed by atoms with E-state index in [2.05, 4.69) is 5.32 Å². The minimum atomic E-state index is -1.29. The topological polar surface area (TPSA) is 99.1 Å². The fourth-order valence-electron chi connectivity index (χ4n) is 2.11. The van der Waals surface area contributed by atoms with Crippen LogP contribution in [0.25, 0.3) is 0 Å². The highest BCUT2D eigenvalue weighted by atomic mass is 16.5. The summed E-state index contributed by atoms with van der Waals surface area (Å²) >= 11 is 0. The van der Waals surface area contributed by atoms with Crippen molar-refractivity contribution in [2.45, 2.75) is 44.9 Å². The van der Waals surface area contributed by atoms with Gasteiger partial charge in [0, 0.05) is 19.7 Å². The van der Waals surface area contributed by atoms with E-state index in [4.69, 9.17) is 9.84 Å². The number of carbonyl (C=O) groups excluding carboxylic acids is 1. The number of nitrogens with zero attached hydrogens (tertiary/aromatic N) is 1. The molecule has 0 aromatic heterocycles. The minimum Gasteiger partial charge on any atom is -0.480 e. The SMILES string of the molecule is CCOC1CCCN(C(=O)N[C@H](C(=O)O)[C@@H](C)O)C1. The van der Waals surface area contributed by atoms with Gasteiger partial charge in [0.05, 0.1) is 12.2 Å². The molecule has 1 aliphatic heterocycles. The Bertz CT molecular complexity index is 319. The number of hydrogen-bond acceptors (Lipinski definition) is 4. The first-order valence-corrected chi connectivity index (χ1v) is 6.53. The van der Waals surface area contributed by atoms with Crippen LogP contribution >= 0.6 is 0 Å². The van der Waals surface area contributed by atoms with Crippen molar-refractivity contribution in [2.24, 2.45) is 0 Å². The number of piperidine rings is 1. The Morgan fingerprint density at radius 1 is 1.53 bits per heavy atom. The molecule has 2 amide bonds. The predicted molar refractivity (Wildman–Crippen MR) is 67.9 cm³/mol. The largest absolute Gasteiger partial charge is 0.480 e. The lowest BCUT2D eigenvalue weighted by Gasteiger charge is -2.33. The van der Waals surface area contributed by atoms with Gasteiger partial charge in [-0.3, -0.25) is 0 Å². The van der Waals surface area contributed by atoms with E-state index in [1.54, 1.807) is 0 Å². The Hall–Kier alpha value is -1.34. The summed E-state index contributed by atoms with van der Waals surface area (Å²) < 4.78 is 5.48. The van der Waals surface area contributed by atoms with E-state index in [-0.39, 0.29) is 6.10 Å². The van der Waals surface area contributed by atoms with Crippen molar-refractivity contribution < 1.29 is 24.5 Å². The van der Waals surface area contributed by atoms with Gasteiger partial charge in [0.2, 0.25) is 0 Å². The number of likely N-dealkylation sites (tertiary alicyclic amines) is 1. The Morgan fingerprint density at radius 2 is 2.21 bits per heavy atom. The van der Waals surface area contributed by atoms with E-state index in [9.17, 15) is 14.7 Å². The summed E-state index contributed by atoms with van der Waals surface area (Å²) in [6.07, 6.45) is 0.578. The number of carboxylic acids is 1. The average Bonchev–Trinajstić information content (AvgIpc) is 2.35. The van der Waals surface area contributed by atoms with Crippen molar-refractivity contribution in [3.8, 4) is 0 Å². The van der Waals surface area contributed by atoms with Crippen LogP contribution < -0.4 is 5.32 Å². The van der Waals surface area contributed by atoms with Crippen molar-refractivity contribution in [2.75, 3.05) is 19.7 Å². The van der Waals surface area contributed by atoms with Crippen LogP contribution in [-0.2, 0) is 9.53 Å². The van der Waals surface area contributed by atoms with Crippen molar-refractivity contribution in [1.82, 2.24) is 10.2 Å². The van der Waals surface area contributed by atoms with Crippen LogP contribution in [0.5, 0.6) is 0 Å². The van der Waals surface area contributed by atoms with Crippen molar-refractivity contribution >= 4 is 12.0 Å². The van der Waals surface area contributed by atoms with Crippen LogP contribution in [0.3, 0.4) is 0 Å². The molecule has 110 valence electrons. The molecule has 1 rings (SSSR count). The molecule has 0 aliphatic carbocycles. The molecule has 0 saturated carbocycles. The van der Waals surface area contributed by atoms with Crippen molar-refractivity contribution in [3.05, 3.63) is 0 Å². The van der Waals surface area contributed by atoms with Gasteiger partial charge < -0.3 is 25.2 Å². The second-order valence-corrected chi connectivity index (χ2v) is 4.67. The van der Waals surface area contributed by atoms with Gasteiger partial charge in [-0.15, -0.1) is 0 Å². The molecular weight excluding hydrogens is 252 g/mol. The molecule has 0 aromatic rings. The quantitative estimate of drug-likeness (QED) is 0.657. The van der Waals surface area contributed by atoms with Gasteiger partial charge >= 0.3 is 12.0 Å². The first kappa shape index (κ1) is 15.7. The smallest absolute Gasteiger partial charge is 0.328 e. The van der Waals surface area contributed by atoms with Gasteiger partial charge in [-0.1, -0.05) is 0 Å². The fourth-order valence-corrected chi connectivity index (χ4v) is 2.11. The third-order valence-electron chi connectivity index (χ3n) is 3.10. The zero-order valence-electron chi connectivity index (χ0n) is 11.3. The van der Waals surface area contributed by atoms with Gasteiger partial charge in [0.25, 0.3) is 0 Å². The van der Waals surface area contributed by atoms with Gasteiger partial charge in [-0.05, 0) is 26.7 Å². The molecule has 7 nitrogen and oxygen atoms in total. The van der Waals surface area contributed by atoms with E-state index in [1.807, 2.05) is 6.92 Å². The number of carboxylic acid groups (broad SMARTS) is 1.